The molecule has 0 saturated carbocycles. The van der Waals surface area contributed by atoms with Crippen LogP contribution in [0.3, 0.4) is 0 Å². The molecule has 4 aromatic rings. The minimum atomic E-state index is -4.78. The average molecular weight is 475 g/mol. The van der Waals surface area contributed by atoms with Gasteiger partial charge in [0, 0.05) is 5.56 Å². The first-order valence-corrected chi connectivity index (χ1v) is 11.2. The van der Waals surface area contributed by atoms with Gasteiger partial charge in [-0.1, -0.05) is 38.8 Å². The predicted molar refractivity (Wildman–Crippen MR) is 119 cm³/mol. The van der Waals surface area contributed by atoms with E-state index in [4.69, 9.17) is 5.11 Å². The highest BCUT2D eigenvalue weighted by molar-refractivity contribution is 7.21. The Morgan fingerprint density at radius 3 is 2.39 bits per heavy atom. The number of hydrogen-bond acceptors (Lipinski definition) is 5. The van der Waals surface area contributed by atoms with Crippen LogP contribution < -0.4 is 0 Å². The third-order valence-corrected chi connectivity index (χ3v) is 6.88. The number of hydrogen-bond donors (Lipinski definition) is 1. The van der Waals surface area contributed by atoms with E-state index in [0.717, 1.165) is 35.2 Å². The van der Waals surface area contributed by atoms with Crippen molar-refractivity contribution in [1.29, 1.82) is 0 Å². The molecule has 0 fully saturated rings. The summed E-state index contributed by atoms with van der Waals surface area (Å²) in [6.45, 7) is 4.27. The largest absolute Gasteiger partial charge is 0.478 e. The molecule has 2 heterocycles. The van der Waals surface area contributed by atoms with Crippen LogP contribution in [0.25, 0.3) is 20.8 Å². The molecule has 2 aromatic carbocycles. The van der Waals surface area contributed by atoms with E-state index in [9.17, 15) is 18.0 Å². The number of alkyl halides is 3. The molecular weight excluding hydrogens is 453 g/mol. The maximum absolute atomic E-state index is 13.4. The Morgan fingerprint density at radius 2 is 1.79 bits per heavy atom. The quantitative estimate of drug-likeness (QED) is 0.340. The highest BCUT2D eigenvalue weighted by Crippen LogP contribution is 2.39. The number of carboxylic acids is 1. The molecule has 0 saturated heterocycles. The SMILES string of the molecule is CCC(CC)C(c1ccc2nc(-c3ccc(C(=O)O)c(C(F)(F)F)c3)sc2c1)n1cnnc1. The van der Waals surface area contributed by atoms with Crippen LogP contribution in [0.4, 0.5) is 13.2 Å². The number of benzene rings is 2. The first-order chi connectivity index (χ1) is 15.7. The summed E-state index contributed by atoms with van der Waals surface area (Å²) in [5.41, 5.74) is -0.0269. The molecule has 0 aliphatic heterocycles. The molecule has 172 valence electrons. The Labute approximate surface area is 191 Å². The van der Waals surface area contributed by atoms with Gasteiger partial charge in [-0.3, -0.25) is 0 Å². The number of nitrogens with zero attached hydrogens (tertiary/aromatic N) is 4. The van der Waals surface area contributed by atoms with Crippen molar-refractivity contribution in [2.75, 3.05) is 0 Å². The fraction of sp³-hybridized carbons (Fsp3) is 0.304. The first-order valence-electron chi connectivity index (χ1n) is 10.4. The molecule has 6 nitrogen and oxygen atoms in total. The minimum absolute atomic E-state index is 0.0247. The second kappa shape index (κ2) is 8.93. The van der Waals surface area contributed by atoms with Gasteiger partial charge in [-0.15, -0.1) is 21.5 Å². The molecule has 1 atom stereocenters. The molecule has 0 amide bonds. The monoisotopic (exact) mass is 474 g/mol. The van der Waals surface area contributed by atoms with Crippen molar-refractivity contribution in [3.05, 3.63) is 65.7 Å². The van der Waals surface area contributed by atoms with Gasteiger partial charge in [0.05, 0.1) is 27.4 Å². The van der Waals surface area contributed by atoms with Crippen molar-refractivity contribution in [3.63, 3.8) is 0 Å². The summed E-state index contributed by atoms with van der Waals surface area (Å²) in [6.07, 6.45) is 0.514. The zero-order chi connectivity index (χ0) is 23.8. The summed E-state index contributed by atoms with van der Waals surface area (Å²) in [6, 6.07) is 9.07. The molecule has 4 rings (SSSR count). The van der Waals surface area contributed by atoms with Crippen LogP contribution in [0.15, 0.2) is 49.1 Å². The third kappa shape index (κ3) is 4.47. The number of aromatic carboxylic acids is 1. The summed E-state index contributed by atoms with van der Waals surface area (Å²) in [4.78, 5) is 15.7. The van der Waals surface area contributed by atoms with Crippen LogP contribution >= 0.6 is 11.3 Å². The van der Waals surface area contributed by atoms with E-state index in [-0.39, 0.29) is 11.6 Å². The smallest absolute Gasteiger partial charge is 0.417 e. The van der Waals surface area contributed by atoms with Crippen LogP contribution in [0, 0.1) is 5.92 Å². The highest BCUT2D eigenvalue weighted by atomic mass is 32.1. The molecular formula is C23H21F3N4O2S. The standard InChI is InChI=1S/C23H21F3N4O2S/c1-3-13(4-2)20(30-11-27-28-12-30)14-6-8-18-19(10-14)33-21(29-18)15-5-7-16(22(31)32)17(9-15)23(24,25)26/h5-13,20H,3-4H2,1-2H3,(H,31,32). The van der Waals surface area contributed by atoms with Gasteiger partial charge < -0.3 is 9.67 Å². The van der Waals surface area contributed by atoms with Gasteiger partial charge >= 0.3 is 12.1 Å². The van der Waals surface area contributed by atoms with E-state index in [2.05, 4.69) is 29.0 Å². The lowest BCUT2D eigenvalue weighted by Crippen LogP contribution is -2.19. The fourth-order valence-electron chi connectivity index (χ4n) is 4.12. The number of halogens is 3. The Morgan fingerprint density at radius 1 is 1.09 bits per heavy atom. The highest BCUT2D eigenvalue weighted by Gasteiger charge is 2.36. The number of carbonyl (C=O) groups is 1. The lowest BCUT2D eigenvalue weighted by molar-refractivity contribution is -0.138. The molecule has 0 aliphatic rings. The lowest BCUT2D eigenvalue weighted by atomic mass is 9.88. The Balaban J connectivity index is 1.78. The van der Waals surface area contributed by atoms with E-state index in [1.807, 2.05) is 22.8 Å². The zero-order valence-electron chi connectivity index (χ0n) is 17.9. The summed E-state index contributed by atoms with van der Waals surface area (Å²) < 4.78 is 43.1. The molecule has 0 spiro atoms. The number of aromatic nitrogens is 4. The normalized spacial score (nSPS) is 13.0. The molecule has 1 N–H and O–H groups in total. The Hall–Kier alpha value is -3.27. The predicted octanol–water partition coefficient (Wildman–Crippen LogP) is 6.30. The minimum Gasteiger partial charge on any atom is -0.478 e. The number of carboxylic acid groups (broad SMARTS) is 1. The summed E-state index contributed by atoms with van der Waals surface area (Å²) in [7, 11) is 0. The van der Waals surface area contributed by atoms with Crippen molar-refractivity contribution in [2.45, 2.75) is 38.9 Å². The van der Waals surface area contributed by atoms with Gasteiger partial charge in [0.15, 0.2) is 0 Å². The number of thiazole rings is 1. The molecule has 33 heavy (non-hydrogen) atoms. The van der Waals surface area contributed by atoms with E-state index < -0.39 is 23.3 Å². The maximum Gasteiger partial charge on any atom is 0.417 e. The van der Waals surface area contributed by atoms with Crippen LogP contribution in [0.2, 0.25) is 0 Å². The summed E-state index contributed by atoms with van der Waals surface area (Å²) in [5, 5.41) is 17.4. The molecule has 1 unspecified atom stereocenters. The molecule has 0 aliphatic carbocycles. The van der Waals surface area contributed by atoms with Crippen molar-refractivity contribution in [1.82, 2.24) is 19.7 Å². The van der Waals surface area contributed by atoms with Gasteiger partial charge in [-0.2, -0.15) is 13.2 Å². The zero-order valence-corrected chi connectivity index (χ0v) is 18.7. The van der Waals surface area contributed by atoms with Gasteiger partial charge in [0.25, 0.3) is 0 Å². The molecule has 0 radical (unpaired) electrons. The summed E-state index contributed by atoms with van der Waals surface area (Å²) in [5.74, 6) is -1.27. The molecule has 0 bridgehead atoms. The van der Waals surface area contributed by atoms with E-state index in [1.165, 1.54) is 17.4 Å². The van der Waals surface area contributed by atoms with Gasteiger partial charge in [0.2, 0.25) is 0 Å². The van der Waals surface area contributed by atoms with Gasteiger partial charge in [0.1, 0.15) is 17.7 Å². The fourth-order valence-corrected chi connectivity index (χ4v) is 5.13. The van der Waals surface area contributed by atoms with Crippen molar-refractivity contribution < 1.29 is 23.1 Å². The Bertz CT molecular complexity index is 1280. The van der Waals surface area contributed by atoms with Crippen LogP contribution in [0.1, 0.15) is 54.2 Å². The maximum atomic E-state index is 13.4. The average Bonchev–Trinajstić information content (AvgIpc) is 3.45. The van der Waals surface area contributed by atoms with E-state index in [1.54, 1.807) is 12.7 Å². The van der Waals surface area contributed by atoms with Crippen LogP contribution in [-0.4, -0.2) is 30.8 Å². The van der Waals surface area contributed by atoms with Crippen LogP contribution in [0.5, 0.6) is 0 Å². The second-order valence-electron chi connectivity index (χ2n) is 7.74. The van der Waals surface area contributed by atoms with E-state index >= 15 is 0 Å². The summed E-state index contributed by atoms with van der Waals surface area (Å²) >= 11 is 1.27. The van der Waals surface area contributed by atoms with E-state index in [0.29, 0.717) is 16.4 Å². The number of rotatable bonds is 7. The van der Waals surface area contributed by atoms with Crippen molar-refractivity contribution in [2.24, 2.45) is 5.92 Å². The Kier molecular flexibility index (Phi) is 6.20. The van der Waals surface area contributed by atoms with Crippen LogP contribution in [-0.2, 0) is 6.18 Å². The molecule has 2 aromatic heterocycles. The topological polar surface area (TPSA) is 80.9 Å². The van der Waals surface area contributed by atoms with Crippen molar-refractivity contribution in [3.8, 4) is 10.6 Å². The molecule has 10 heteroatoms. The van der Waals surface area contributed by atoms with Gasteiger partial charge in [-0.25, -0.2) is 9.78 Å². The van der Waals surface area contributed by atoms with Crippen molar-refractivity contribution >= 4 is 27.5 Å². The second-order valence-corrected chi connectivity index (χ2v) is 8.77. The number of fused-ring (bicyclic) bond motifs is 1. The first kappa shape index (κ1) is 22.9. The third-order valence-electron chi connectivity index (χ3n) is 5.81. The van der Waals surface area contributed by atoms with Gasteiger partial charge in [-0.05, 0) is 35.7 Å². The lowest BCUT2D eigenvalue weighted by Gasteiger charge is -2.26.